The van der Waals surface area contributed by atoms with Gasteiger partial charge in [0.15, 0.2) is 0 Å². The Morgan fingerprint density at radius 2 is 2.03 bits per heavy atom. The Kier molecular flexibility index (Phi) is 7.62. The average Bonchev–Trinajstić information content (AvgIpc) is 2.94. The zero-order valence-electron chi connectivity index (χ0n) is 21.5. The minimum atomic E-state index is 0.245. The van der Waals surface area contributed by atoms with Crippen LogP contribution in [0, 0.1) is 25.2 Å². The van der Waals surface area contributed by atoms with E-state index < -0.39 is 0 Å². The van der Waals surface area contributed by atoms with E-state index in [1.807, 2.05) is 18.2 Å². The molecule has 1 saturated heterocycles. The van der Waals surface area contributed by atoms with Crippen LogP contribution in [0.5, 0.6) is 11.6 Å². The van der Waals surface area contributed by atoms with Gasteiger partial charge in [-0.1, -0.05) is 37.3 Å². The minimum Gasteiger partial charge on any atom is -0.437 e. The number of ether oxygens (including phenoxy) is 1. The first-order chi connectivity index (χ1) is 18.1. The summed E-state index contributed by atoms with van der Waals surface area (Å²) >= 11 is 0. The van der Waals surface area contributed by atoms with Crippen LogP contribution in [0.2, 0.25) is 0 Å². The van der Waals surface area contributed by atoms with E-state index in [9.17, 15) is 0 Å². The molecule has 1 aliphatic heterocycles. The van der Waals surface area contributed by atoms with Crippen molar-refractivity contribution in [2.45, 2.75) is 45.6 Å². The second kappa shape index (κ2) is 11.4. The predicted octanol–water partition coefficient (Wildman–Crippen LogP) is 6.16. The molecule has 5 rings (SSSR count). The molecule has 0 aliphatic carbocycles. The quantitative estimate of drug-likeness (QED) is 0.288. The Hall–Kier alpha value is -3.95. The molecular formula is C31H33N5O. The Bertz CT molecular complexity index is 1420. The molecule has 3 heterocycles. The van der Waals surface area contributed by atoms with Gasteiger partial charge in [-0.05, 0) is 73.9 Å². The van der Waals surface area contributed by atoms with Gasteiger partial charge in [0.05, 0.1) is 11.3 Å². The number of rotatable bonds is 8. The Balaban J connectivity index is 1.46. The number of fused-ring (bicyclic) bond motifs is 1. The fourth-order valence-corrected chi connectivity index (χ4v) is 4.81. The molecule has 1 fully saturated rings. The summed E-state index contributed by atoms with van der Waals surface area (Å²) < 4.78 is 6.57. The highest BCUT2D eigenvalue weighted by Crippen LogP contribution is 2.37. The zero-order valence-corrected chi connectivity index (χ0v) is 21.5. The Labute approximate surface area is 218 Å². The molecule has 0 bridgehead atoms. The smallest absolute Gasteiger partial charge is 0.228 e. The molecule has 2 aromatic heterocycles. The van der Waals surface area contributed by atoms with Gasteiger partial charge in [0.2, 0.25) is 11.8 Å². The average molecular weight is 492 g/mol. The zero-order chi connectivity index (χ0) is 25.6. The molecule has 0 unspecified atom stereocenters. The normalized spacial score (nSPS) is 16.2. The van der Waals surface area contributed by atoms with Crippen LogP contribution >= 0.6 is 0 Å². The van der Waals surface area contributed by atoms with Crippen molar-refractivity contribution in [2.24, 2.45) is 5.92 Å². The standard InChI is InChI=1S/C31H33N5O/c1-4-21(2)12-14-23-8-5-10-26-25(23)15-13-22(3)29(26)37-30-27(11-7-18-33-30)28-16-19-34-31(36-28)35-24-9-6-17-32-20-24/h1,5,7-8,10-11,13,15-16,18-19,21,24,32H,6,9,12,14,17,20H2,2-3H3,(H,34,35,36)/t21-,24-/m0/s1. The third-order valence-corrected chi connectivity index (χ3v) is 6.96. The summed E-state index contributed by atoms with van der Waals surface area (Å²) in [6, 6.07) is 16.8. The van der Waals surface area contributed by atoms with E-state index in [0.717, 1.165) is 66.7 Å². The fraction of sp³-hybridized carbons (Fsp3) is 0.323. The molecule has 0 saturated carbocycles. The monoisotopic (exact) mass is 491 g/mol. The maximum Gasteiger partial charge on any atom is 0.228 e. The van der Waals surface area contributed by atoms with E-state index in [4.69, 9.17) is 16.1 Å². The highest BCUT2D eigenvalue weighted by molar-refractivity contribution is 5.92. The van der Waals surface area contributed by atoms with Crippen molar-refractivity contribution >= 4 is 16.7 Å². The van der Waals surface area contributed by atoms with Gasteiger partial charge in [0, 0.05) is 36.3 Å². The first kappa shape index (κ1) is 24.7. The first-order valence-electron chi connectivity index (χ1n) is 13.0. The summed E-state index contributed by atoms with van der Waals surface area (Å²) in [6.45, 7) is 6.13. The second-order valence-electron chi connectivity index (χ2n) is 9.74. The number of nitrogens with zero attached hydrogens (tertiary/aromatic N) is 3. The molecule has 6 nitrogen and oxygen atoms in total. The number of anilines is 1. The van der Waals surface area contributed by atoms with Crippen molar-refractivity contribution in [3.05, 3.63) is 72.1 Å². The van der Waals surface area contributed by atoms with Crippen LogP contribution < -0.4 is 15.4 Å². The van der Waals surface area contributed by atoms with Gasteiger partial charge < -0.3 is 15.4 Å². The maximum absolute atomic E-state index is 6.57. The van der Waals surface area contributed by atoms with Gasteiger partial charge in [-0.2, -0.15) is 0 Å². The van der Waals surface area contributed by atoms with Crippen molar-refractivity contribution in [3.63, 3.8) is 0 Å². The largest absolute Gasteiger partial charge is 0.437 e. The van der Waals surface area contributed by atoms with Crippen LogP contribution in [0.25, 0.3) is 22.0 Å². The third-order valence-electron chi connectivity index (χ3n) is 6.96. The van der Waals surface area contributed by atoms with Crippen LogP contribution in [-0.2, 0) is 6.42 Å². The number of aromatic nitrogens is 3. The number of pyridine rings is 1. The Morgan fingerprint density at radius 3 is 2.86 bits per heavy atom. The van der Waals surface area contributed by atoms with E-state index in [-0.39, 0.29) is 5.92 Å². The van der Waals surface area contributed by atoms with Crippen molar-refractivity contribution in [1.29, 1.82) is 0 Å². The van der Waals surface area contributed by atoms with Gasteiger partial charge in [-0.25, -0.2) is 15.0 Å². The Morgan fingerprint density at radius 1 is 1.11 bits per heavy atom. The highest BCUT2D eigenvalue weighted by atomic mass is 16.5. The molecule has 0 amide bonds. The van der Waals surface area contributed by atoms with Crippen LogP contribution in [-0.4, -0.2) is 34.1 Å². The molecule has 4 aromatic rings. The van der Waals surface area contributed by atoms with E-state index in [2.05, 4.69) is 70.7 Å². The summed E-state index contributed by atoms with van der Waals surface area (Å²) in [5.74, 6) is 5.03. The van der Waals surface area contributed by atoms with E-state index in [0.29, 0.717) is 17.9 Å². The molecule has 0 radical (unpaired) electrons. The highest BCUT2D eigenvalue weighted by Gasteiger charge is 2.17. The van der Waals surface area contributed by atoms with E-state index in [1.54, 1.807) is 12.4 Å². The van der Waals surface area contributed by atoms with Gasteiger partial charge in [0.25, 0.3) is 0 Å². The maximum atomic E-state index is 6.57. The number of nitrogens with one attached hydrogen (secondary N) is 2. The number of hydrogen-bond donors (Lipinski definition) is 2. The third kappa shape index (κ3) is 5.73. The van der Waals surface area contributed by atoms with Crippen LogP contribution in [0.15, 0.2) is 60.9 Å². The lowest BCUT2D eigenvalue weighted by atomic mass is 9.95. The number of terminal acetylenes is 1. The summed E-state index contributed by atoms with van der Waals surface area (Å²) in [6.07, 6.45) is 13.3. The van der Waals surface area contributed by atoms with Crippen molar-refractivity contribution < 1.29 is 4.74 Å². The number of piperidine rings is 1. The predicted molar refractivity (Wildman–Crippen MR) is 150 cm³/mol. The minimum absolute atomic E-state index is 0.245. The van der Waals surface area contributed by atoms with Crippen molar-refractivity contribution in [2.75, 3.05) is 18.4 Å². The summed E-state index contributed by atoms with van der Waals surface area (Å²) in [5, 5.41) is 9.13. The SMILES string of the molecule is C#C[C@H](C)CCc1cccc2c(Oc3ncccc3-c3ccnc(N[C@H]4CCCNC4)n3)c(C)ccc12. The van der Waals surface area contributed by atoms with Gasteiger partial charge in [0.1, 0.15) is 5.75 Å². The first-order valence-corrected chi connectivity index (χ1v) is 13.0. The lowest BCUT2D eigenvalue weighted by Gasteiger charge is -2.23. The van der Waals surface area contributed by atoms with Gasteiger partial charge in [-0.15, -0.1) is 12.3 Å². The lowest BCUT2D eigenvalue weighted by molar-refractivity contribution is 0.466. The van der Waals surface area contributed by atoms with Gasteiger partial charge in [-0.3, -0.25) is 0 Å². The topological polar surface area (TPSA) is 72.0 Å². The van der Waals surface area contributed by atoms with E-state index >= 15 is 0 Å². The van der Waals surface area contributed by atoms with E-state index in [1.165, 1.54) is 10.9 Å². The molecule has 2 N–H and O–H groups in total. The number of benzene rings is 2. The summed E-state index contributed by atoms with van der Waals surface area (Å²) in [7, 11) is 0. The number of hydrogen-bond acceptors (Lipinski definition) is 6. The second-order valence-corrected chi connectivity index (χ2v) is 9.74. The molecular weight excluding hydrogens is 458 g/mol. The molecule has 0 spiro atoms. The fourth-order valence-electron chi connectivity index (χ4n) is 4.81. The van der Waals surface area contributed by atoms with Crippen LogP contribution in [0.4, 0.5) is 5.95 Å². The molecule has 2 atom stereocenters. The lowest BCUT2D eigenvalue weighted by Crippen LogP contribution is -2.38. The molecule has 37 heavy (non-hydrogen) atoms. The molecule has 188 valence electrons. The van der Waals surface area contributed by atoms with Gasteiger partial charge >= 0.3 is 0 Å². The molecule has 6 heteroatoms. The van der Waals surface area contributed by atoms with Crippen molar-refractivity contribution in [3.8, 4) is 35.2 Å². The molecule has 2 aromatic carbocycles. The summed E-state index contributed by atoms with van der Waals surface area (Å²) in [5.41, 5.74) is 3.92. The summed E-state index contributed by atoms with van der Waals surface area (Å²) in [4.78, 5) is 13.9. The number of aryl methyl sites for hydroxylation is 2. The molecule has 1 aliphatic rings. The van der Waals surface area contributed by atoms with Crippen LogP contribution in [0.1, 0.15) is 37.3 Å². The van der Waals surface area contributed by atoms with Crippen LogP contribution in [0.3, 0.4) is 0 Å². The van der Waals surface area contributed by atoms with Crippen molar-refractivity contribution in [1.82, 2.24) is 20.3 Å².